The molecule has 164 valence electrons. The molecule has 0 atom stereocenters. The maximum absolute atomic E-state index is 12.9. The Bertz CT molecular complexity index is 1040. The topological polar surface area (TPSA) is 58.9 Å². The van der Waals surface area contributed by atoms with Crippen molar-refractivity contribution in [3.63, 3.8) is 0 Å². The molecule has 7 heteroatoms. The van der Waals surface area contributed by atoms with Crippen LogP contribution in [0, 0.1) is 5.92 Å². The smallest absolute Gasteiger partial charge is 0.270 e. The second-order valence-corrected chi connectivity index (χ2v) is 8.51. The van der Waals surface area contributed by atoms with Crippen LogP contribution in [-0.2, 0) is 17.7 Å². The molecule has 0 aliphatic carbocycles. The molecule has 3 aromatic rings. The SMILES string of the molecule is CCc1nc2cc(Cl)ccn2c1C(=O)NCc1ccc(N2CCC(COC)CC2)cc1. The van der Waals surface area contributed by atoms with Crippen molar-refractivity contribution < 1.29 is 9.53 Å². The highest BCUT2D eigenvalue weighted by Gasteiger charge is 2.20. The second kappa shape index (κ2) is 9.71. The normalized spacial score (nSPS) is 14.9. The zero-order valence-electron chi connectivity index (χ0n) is 18.1. The van der Waals surface area contributed by atoms with Crippen LogP contribution in [0.25, 0.3) is 5.65 Å². The first-order chi connectivity index (χ1) is 15.1. The molecule has 0 radical (unpaired) electrons. The number of pyridine rings is 1. The van der Waals surface area contributed by atoms with E-state index in [1.807, 2.05) is 6.92 Å². The lowest BCUT2D eigenvalue weighted by atomic mass is 9.97. The fourth-order valence-corrected chi connectivity index (χ4v) is 4.39. The number of anilines is 1. The Balaban J connectivity index is 1.39. The Hall–Kier alpha value is -2.57. The number of nitrogens with one attached hydrogen (secondary N) is 1. The van der Waals surface area contributed by atoms with Gasteiger partial charge in [0.25, 0.3) is 5.91 Å². The number of methoxy groups -OCH3 is 1. The molecular weight excluding hydrogens is 412 g/mol. The van der Waals surface area contributed by atoms with Gasteiger partial charge < -0.3 is 15.0 Å². The molecule has 1 aliphatic rings. The van der Waals surface area contributed by atoms with Crippen molar-refractivity contribution in [2.75, 3.05) is 31.7 Å². The van der Waals surface area contributed by atoms with Gasteiger partial charge >= 0.3 is 0 Å². The summed E-state index contributed by atoms with van der Waals surface area (Å²) in [5.74, 6) is 0.537. The molecule has 0 bridgehead atoms. The summed E-state index contributed by atoms with van der Waals surface area (Å²) in [5.41, 5.74) is 4.34. The highest BCUT2D eigenvalue weighted by atomic mass is 35.5. The van der Waals surface area contributed by atoms with Crippen molar-refractivity contribution in [2.45, 2.75) is 32.7 Å². The molecule has 0 unspecified atom stereocenters. The van der Waals surface area contributed by atoms with Gasteiger partial charge in [-0.3, -0.25) is 9.20 Å². The Morgan fingerprint density at radius 3 is 2.65 bits per heavy atom. The quantitative estimate of drug-likeness (QED) is 0.593. The van der Waals surface area contributed by atoms with Gasteiger partial charge in [0.1, 0.15) is 11.3 Å². The fourth-order valence-electron chi connectivity index (χ4n) is 4.24. The van der Waals surface area contributed by atoms with Crippen molar-refractivity contribution in [2.24, 2.45) is 5.92 Å². The third-order valence-electron chi connectivity index (χ3n) is 5.98. The van der Waals surface area contributed by atoms with Gasteiger partial charge in [0.2, 0.25) is 0 Å². The molecule has 31 heavy (non-hydrogen) atoms. The number of carbonyl (C=O) groups excluding carboxylic acids is 1. The highest BCUT2D eigenvalue weighted by Crippen LogP contribution is 2.24. The van der Waals surface area contributed by atoms with Crippen LogP contribution in [0.4, 0.5) is 5.69 Å². The number of fused-ring (bicyclic) bond motifs is 1. The standard InChI is InChI=1S/C24H29ClN4O2/c1-3-21-23(29-13-10-19(25)14-22(29)27-21)24(30)26-15-17-4-6-20(7-5-17)28-11-8-18(9-12-28)16-31-2/h4-7,10,13-14,18H,3,8-9,11-12,15-16H2,1-2H3,(H,26,30). The van der Waals surface area contributed by atoms with Gasteiger partial charge in [-0.1, -0.05) is 30.7 Å². The summed E-state index contributed by atoms with van der Waals surface area (Å²) in [7, 11) is 1.78. The zero-order chi connectivity index (χ0) is 21.8. The van der Waals surface area contributed by atoms with E-state index in [1.165, 1.54) is 5.69 Å². The number of aromatic nitrogens is 2. The molecule has 1 N–H and O–H groups in total. The number of nitrogens with zero attached hydrogens (tertiary/aromatic N) is 3. The van der Waals surface area contributed by atoms with Crippen molar-refractivity contribution in [3.8, 4) is 0 Å². The van der Waals surface area contributed by atoms with Crippen LogP contribution in [0.2, 0.25) is 5.02 Å². The maximum Gasteiger partial charge on any atom is 0.270 e. The lowest BCUT2D eigenvalue weighted by Gasteiger charge is -2.33. The van der Waals surface area contributed by atoms with E-state index in [-0.39, 0.29) is 5.91 Å². The first kappa shape index (κ1) is 21.7. The van der Waals surface area contributed by atoms with E-state index in [0.29, 0.717) is 35.2 Å². The molecular formula is C24H29ClN4O2. The van der Waals surface area contributed by atoms with Crippen LogP contribution in [0.15, 0.2) is 42.6 Å². The van der Waals surface area contributed by atoms with E-state index < -0.39 is 0 Å². The van der Waals surface area contributed by atoms with E-state index in [1.54, 1.807) is 29.8 Å². The van der Waals surface area contributed by atoms with E-state index in [4.69, 9.17) is 16.3 Å². The average Bonchev–Trinajstić information content (AvgIpc) is 3.16. The van der Waals surface area contributed by atoms with Crippen molar-refractivity contribution >= 4 is 28.8 Å². The summed E-state index contributed by atoms with van der Waals surface area (Å²) >= 11 is 6.07. The van der Waals surface area contributed by atoms with Crippen molar-refractivity contribution in [1.82, 2.24) is 14.7 Å². The molecule has 1 amide bonds. The number of amides is 1. The van der Waals surface area contributed by atoms with Gasteiger partial charge in [0, 0.05) is 56.3 Å². The average molecular weight is 441 g/mol. The maximum atomic E-state index is 12.9. The monoisotopic (exact) mass is 440 g/mol. The highest BCUT2D eigenvalue weighted by molar-refractivity contribution is 6.30. The van der Waals surface area contributed by atoms with Gasteiger partial charge in [-0.15, -0.1) is 0 Å². The number of rotatable bonds is 7. The Labute approximate surface area is 188 Å². The molecule has 3 heterocycles. The van der Waals surface area contributed by atoms with Gasteiger partial charge in [-0.2, -0.15) is 0 Å². The number of benzene rings is 1. The third-order valence-corrected chi connectivity index (χ3v) is 6.22. The van der Waals surface area contributed by atoms with Crippen LogP contribution >= 0.6 is 11.6 Å². The first-order valence-electron chi connectivity index (χ1n) is 10.9. The lowest BCUT2D eigenvalue weighted by molar-refractivity contribution is 0.0944. The number of carbonyl (C=O) groups is 1. The van der Waals surface area contributed by atoms with Crippen LogP contribution < -0.4 is 10.2 Å². The minimum atomic E-state index is -0.129. The second-order valence-electron chi connectivity index (χ2n) is 8.07. The number of halogens is 1. The number of piperidine rings is 1. The van der Waals surface area contributed by atoms with E-state index in [0.717, 1.165) is 43.8 Å². The summed E-state index contributed by atoms with van der Waals surface area (Å²) < 4.78 is 7.09. The van der Waals surface area contributed by atoms with Gasteiger partial charge in [0.05, 0.1) is 5.69 Å². The Morgan fingerprint density at radius 2 is 1.97 bits per heavy atom. The zero-order valence-corrected chi connectivity index (χ0v) is 18.9. The third kappa shape index (κ3) is 4.86. The predicted octanol–water partition coefficient (Wildman–Crippen LogP) is 4.34. The number of ether oxygens (including phenoxy) is 1. The molecule has 1 saturated heterocycles. The minimum Gasteiger partial charge on any atom is -0.384 e. The van der Waals surface area contributed by atoms with E-state index in [2.05, 4.69) is 39.5 Å². The summed E-state index contributed by atoms with van der Waals surface area (Å²) in [6.07, 6.45) is 4.80. The van der Waals surface area contributed by atoms with Crippen molar-refractivity contribution in [3.05, 3.63) is 64.6 Å². The number of aryl methyl sites for hydroxylation is 1. The number of imidazole rings is 1. The largest absolute Gasteiger partial charge is 0.384 e. The van der Waals surface area contributed by atoms with Crippen LogP contribution in [-0.4, -0.2) is 42.1 Å². The Morgan fingerprint density at radius 1 is 1.23 bits per heavy atom. The Kier molecular flexibility index (Phi) is 6.78. The summed E-state index contributed by atoms with van der Waals surface area (Å²) in [6.45, 7) is 5.44. The summed E-state index contributed by atoms with van der Waals surface area (Å²) in [6, 6.07) is 12.0. The van der Waals surface area contributed by atoms with Gasteiger partial charge in [-0.25, -0.2) is 4.98 Å². The fraction of sp³-hybridized carbons (Fsp3) is 0.417. The summed E-state index contributed by atoms with van der Waals surface area (Å²) in [4.78, 5) is 19.9. The summed E-state index contributed by atoms with van der Waals surface area (Å²) in [5, 5.41) is 3.65. The molecule has 2 aromatic heterocycles. The molecule has 1 fully saturated rings. The van der Waals surface area contributed by atoms with Crippen LogP contribution in [0.5, 0.6) is 0 Å². The van der Waals surface area contributed by atoms with E-state index in [9.17, 15) is 4.79 Å². The molecule has 0 saturated carbocycles. The van der Waals surface area contributed by atoms with Crippen LogP contribution in [0.3, 0.4) is 0 Å². The van der Waals surface area contributed by atoms with E-state index >= 15 is 0 Å². The molecule has 1 aliphatic heterocycles. The van der Waals surface area contributed by atoms with Gasteiger partial charge in [-0.05, 0) is 48.9 Å². The molecule has 6 nitrogen and oxygen atoms in total. The molecule has 4 rings (SSSR count). The first-order valence-corrected chi connectivity index (χ1v) is 11.2. The number of hydrogen-bond donors (Lipinski definition) is 1. The minimum absolute atomic E-state index is 0.129. The number of hydrogen-bond acceptors (Lipinski definition) is 4. The molecule has 1 aromatic carbocycles. The predicted molar refractivity (Wildman–Crippen MR) is 124 cm³/mol. The van der Waals surface area contributed by atoms with Crippen LogP contribution in [0.1, 0.15) is 41.5 Å². The lowest BCUT2D eigenvalue weighted by Crippen LogP contribution is -2.34. The van der Waals surface area contributed by atoms with Crippen molar-refractivity contribution in [1.29, 1.82) is 0 Å². The van der Waals surface area contributed by atoms with Gasteiger partial charge in [0.15, 0.2) is 0 Å². The molecule has 0 spiro atoms.